The zero-order valence-electron chi connectivity index (χ0n) is 9.24. The van der Waals surface area contributed by atoms with Crippen molar-refractivity contribution in [3.63, 3.8) is 0 Å². The van der Waals surface area contributed by atoms with Gasteiger partial charge in [-0.15, -0.1) is 11.3 Å². The SMILES string of the molecule is Cc1ncc(C(=O)NCc2ccc(Cl)cc2)s1. The molecule has 0 aliphatic rings. The number of aryl methyl sites for hydroxylation is 1. The Morgan fingerprint density at radius 3 is 2.71 bits per heavy atom. The first-order valence-electron chi connectivity index (χ1n) is 5.10. The Kier molecular flexibility index (Phi) is 3.76. The number of benzene rings is 1. The van der Waals surface area contributed by atoms with E-state index in [2.05, 4.69) is 10.3 Å². The second-order valence-corrected chi connectivity index (χ2v) is 5.22. The van der Waals surface area contributed by atoms with E-state index in [1.807, 2.05) is 19.1 Å². The highest BCUT2D eigenvalue weighted by Gasteiger charge is 2.08. The van der Waals surface area contributed by atoms with Crippen LogP contribution < -0.4 is 5.32 Å². The fraction of sp³-hybridized carbons (Fsp3) is 0.167. The van der Waals surface area contributed by atoms with Gasteiger partial charge in [-0.2, -0.15) is 0 Å². The number of carbonyl (C=O) groups is 1. The summed E-state index contributed by atoms with van der Waals surface area (Å²) >= 11 is 7.17. The van der Waals surface area contributed by atoms with Crippen molar-refractivity contribution in [1.29, 1.82) is 0 Å². The zero-order valence-corrected chi connectivity index (χ0v) is 10.8. The molecule has 1 aromatic heterocycles. The molecule has 2 aromatic rings. The number of carbonyl (C=O) groups excluding carboxylic acids is 1. The maximum Gasteiger partial charge on any atom is 0.263 e. The van der Waals surface area contributed by atoms with E-state index in [0.29, 0.717) is 16.4 Å². The Bertz CT molecular complexity index is 522. The van der Waals surface area contributed by atoms with E-state index in [0.717, 1.165) is 10.6 Å². The Hall–Kier alpha value is -1.39. The molecule has 2 rings (SSSR count). The van der Waals surface area contributed by atoms with Gasteiger partial charge in [-0.1, -0.05) is 23.7 Å². The van der Waals surface area contributed by atoms with Gasteiger partial charge < -0.3 is 5.32 Å². The van der Waals surface area contributed by atoms with Crippen LogP contribution in [-0.2, 0) is 6.54 Å². The fourth-order valence-electron chi connectivity index (χ4n) is 1.34. The maximum atomic E-state index is 11.7. The lowest BCUT2D eigenvalue weighted by Crippen LogP contribution is -2.21. The first-order chi connectivity index (χ1) is 8.15. The molecule has 0 radical (unpaired) electrons. The minimum absolute atomic E-state index is 0.0921. The van der Waals surface area contributed by atoms with Gasteiger partial charge in [0.25, 0.3) is 5.91 Å². The number of rotatable bonds is 3. The minimum Gasteiger partial charge on any atom is -0.347 e. The van der Waals surface area contributed by atoms with Crippen molar-refractivity contribution in [2.45, 2.75) is 13.5 Å². The first kappa shape index (κ1) is 12.1. The predicted molar refractivity (Wildman–Crippen MR) is 69.5 cm³/mol. The number of nitrogens with one attached hydrogen (secondary N) is 1. The molecule has 1 amide bonds. The van der Waals surface area contributed by atoms with E-state index < -0.39 is 0 Å². The van der Waals surface area contributed by atoms with Crippen molar-refractivity contribution >= 4 is 28.8 Å². The average Bonchev–Trinajstić information content (AvgIpc) is 2.75. The minimum atomic E-state index is -0.0921. The summed E-state index contributed by atoms with van der Waals surface area (Å²) in [5.74, 6) is -0.0921. The molecule has 88 valence electrons. The second kappa shape index (κ2) is 5.29. The van der Waals surface area contributed by atoms with Crippen LogP contribution in [0.3, 0.4) is 0 Å². The number of thiazole rings is 1. The number of halogens is 1. The molecule has 5 heteroatoms. The third-order valence-corrected chi connectivity index (χ3v) is 3.37. The largest absolute Gasteiger partial charge is 0.347 e. The van der Waals surface area contributed by atoms with Gasteiger partial charge >= 0.3 is 0 Å². The van der Waals surface area contributed by atoms with Crippen LogP contribution in [0.2, 0.25) is 5.02 Å². The molecule has 1 N–H and O–H groups in total. The first-order valence-corrected chi connectivity index (χ1v) is 6.29. The lowest BCUT2D eigenvalue weighted by Gasteiger charge is -2.03. The zero-order chi connectivity index (χ0) is 12.3. The second-order valence-electron chi connectivity index (χ2n) is 3.55. The van der Waals surface area contributed by atoms with Gasteiger partial charge in [0.1, 0.15) is 4.88 Å². The topological polar surface area (TPSA) is 42.0 Å². The molecule has 0 saturated carbocycles. The Morgan fingerprint density at radius 2 is 2.12 bits per heavy atom. The molecule has 0 atom stereocenters. The van der Waals surface area contributed by atoms with Crippen molar-refractivity contribution in [3.05, 3.63) is 50.9 Å². The van der Waals surface area contributed by atoms with Crippen LogP contribution in [-0.4, -0.2) is 10.9 Å². The summed E-state index contributed by atoms with van der Waals surface area (Å²) in [5, 5.41) is 4.42. The molecular weight excluding hydrogens is 256 g/mol. The molecule has 0 unspecified atom stereocenters. The lowest BCUT2D eigenvalue weighted by atomic mass is 10.2. The van der Waals surface area contributed by atoms with Crippen LogP contribution >= 0.6 is 22.9 Å². The molecule has 1 aromatic carbocycles. The Balaban J connectivity index is 1.94. The van der Waals surface area contributed by atoms with Gasteiger partial charge in [-0.25, -0.2) is 4.98 Å². The predicted octanol–water partition coefficient (Wildman–Crippen LogP) is 3.03. The summed E-state index contributed by atoms with van der Waals surface area (Å²) in [7, 11) is 0. The highest BCUT2D eigenvalue weighted by atomic mass is 35.5. The third kappa shape index (κ3) is 3.28. The molecule has 0 spiro atoms. The fourth-order valence-corrected chi connectivity index (χ4v) is 2.16. The lowest BCUT2D eigenvalue weighted by molar-refractivity contribution is 0.0955. The van der Waals surface area contributed by atoms with E-state index in [1.54, 1.807) is 18.3 Å². The highest BCUT2D eigenvalue weighted by molar-refractivity contribution is 7.13. The maximum absolute atomic E-state index is 11.7. The van der Waals surface area contributed by atoms with Crippen LogP contribution in [0.25, 0.3) is 0 Å². The molecule has 0 fully saturated rings. The average molecular weight is 267 g/mol. The summed E-state index contributed by atoms with van der Waals surface area (Å²) < 4.78 is 0. The highest BCUT2D eigenvalue weighted by Crippen LogP contribution is 2.12. The third-order valence-electron chi connectivity index (χ3n) is 2.21. The molecular formula is C12H11ClN2OS. The Labute approximate surface area is 108 Å². The van der Waals surface area contributed by atoms with Crippen molar-refractivity contribution in [2.75, 3.05) is 0 Å². The van der Waals surface area contributed by atoms with Crippen molar-refractivity contribution < 1.29 is 4.79 Å². The molecule has 0 saturated heterocycles. The van der Waals surface area contributed by atoms with E-state index in [-0.39, 0.29) is 5.91 Å². The molecule has 0 aliphatic heterocycles. The standard InChI is InChI=1S/C12H11ClN2OS/c1-8-14-7-11(17-8)12(16)15-6-9-2-4-10(13)5-3-9/h2-5,7H,6H2,1H3,(H,15,16). The molecule has 1 heterocycles. The van der Waals surface area contributed by atoms with E-state index >= 15 is 0 Å². The summed E-state index contributed by atoms with van der Waals surface area (Å²) in [5.41, 5.74) is 1.02. The van der Waals surface area contributed by atoms with Crippen molar-refractivity contribution in [1.82, 2.24) is 10.3 Å². The van der Waals surface area contributed by atoms with Gasteiger partial charge in [0, 0.05) is 11.6 Å². The molecule has 0 bridgehead atoms. The number of hydrogen-bond donors (Lipinski definition) is 1. The monoisotopic (exact) mass is 266 g/mol. The van der Waals surface area contributed by atoms with E-state index in [9.17, 15) is 4.79 Å². The summed E-state index contributed by atoms with van der Waals surface area (Å²) in [6, 6.07) is 7.39. The quantitative estimate of drug-likeness (QED) is 0.928. The van der Waals surface area contributed by atoms with Gasteiger partial charge in [0.15, 0.2) is 0 Å². The van der Waals surface area contributed by atoms with Crippen LogP contribution in [0.4, 0.5) is 0 Å². The van der Waals surface area contributed by atoms with Gasteiger partial charge in [0.2, 0.25) is 0 Å². The number of aromatic nitrogens is 1. The normalized spacial score (nSPS) is 10.2. The van der Waals surface area contributed by atoms with Crippen LogP contribution in [0, 0.1) is 6.92 Å². The Morgan fingerprint density at radius 1 is 1.41 bits per heavy atom. The van der Waals surface area contributed by atoms with Crippen molar-refractivity contribution in [2.24, 2.45) is 0 Å². The molecule has 3 nitrogen and oxygen atoms in total. The van der Waals surface area contributed by atoms with Crippen molar-refractivity contribution in [3.8, 4) is 0 Å². The number of nitrogens with zero attached hydrogens (tertiary/aromatic N) is 1. The van der Waals surface area contributed by atoms with Gasteiger partial charge in [-0.05, 0) is 24.6 Å². The summed E-state index contributed by atoms with van der Waals surface area (Å²) in [6.07, 6.45) is 1.59. The summed E-state index contributed by atoms with van der Waals surface area (Å²) in [6.45, 7) is 2.37. The van der Waals surface area contributed by atoms with E-state index in [4.69, 9.17) is 11.6 Å². The van der Waals surface area contributed by atoms with E-state index in [1.165, 1.54) is 11.3 Å². The smallest absolute Gasteiger partial charge is 0.263 e. The van der Waals surface area contributed by atoms with Crippen LogP contribution in [0.5, 0.6) is 0 Å². The molecule has 0 aliphatic carbocycles. The van der Waals surface area contributed by atoms with Crippen LogP contribution in [0.15, 0.2) is 30.5 Å². The summed E-state index contributed by atoms with van der Waals surface area (Å²) in [4.78, 5) is 16.4. The van der Waals surface area contributed by atoms with Gasteiger partial charge in [0.05, 0.1) is 11.2 Å². The van der Waals surface area contributed by atoms with Crippen LogP contribution in [0.1, 0.15) is 20.2 Å². The molecule has 17 heavy (non-hydrogen) atoms. The number of amides is 1. The number of hydrogen-bond acceptors (Lipinski definition) is 3. The van der Waals surface area contributed by atoms with Gasteiger partial charge in [-0.3, -0.25) is 4.79 Å².